The number of hydrogen-bond donors (Lipinski definition) is 2. The molecule has 0 bridgehead atoms. The molecule has 2 heterocycles. The van der Waals surface area contributed by atoms with E-state index in [1.165, 1.54) is 6.20 Å². The number of benzene rings is 1. The van der Waals surface area contributed by atoms with Crippen LogP contribution in [-0.4, -0.2) is 23.2 Å². The molecule has 7 nitrogen and oxygen atoms in total. The predicted octanol–water partition coefficient (Wildman–Crippen LogP) is 2.93. The van der Waals surface area contributed by atoms with Crippen molar-refractivity contribution in [3.05, 3.63) is 21.4 Å². The molecule has 23 heavy (non-hydrogen) atoms. The van der Waals surface area contributed by atoms with E-state index in [2.05, 4.69) is 46.4 Å². The summed E-state index contributed by atoms with van der Waals surface area (Å²) in [5.74, 6) is 2.95. The second kappa shape index (κ2) is 6.26. The number of ether oxygens (including phenoxy) is 3. The minimum Gasteiger partial charge on any atom is -0.486 e. The molecule has 0 atom stereocenters. The molecule has 0 spiro atoms. The van der Waals surface area contributed by atoms with E-state index < -0.39 is 0 Å². The summed E-state index contributed by atoms with van der Waals surface area (Å²) in [7, 11) is 0. The number of anilines is 2. The Morgan fingerprint density at radius 1 is 1.26 bits per heavy atom. The molecule has 1 aromatic heterocycles. The third-order valence-corrected chi connectivity index (χ3v) is 4.17. The van der Waals surface area contributed by atoms with Crippen LogP contribution in [0.25, 0.3) is 0 Å². The van der Waals surface area contributed by atoms with Crippen LogP contribution in [0.5, 0.6) is 23.0 Å². The second-order valence-electron chi connectivity index (χ2n) is 5.36. The van der Waals surface area contributed by atoms with Gasteiger partial charge in [0.1, 0.15) is 19.0 Å². The Morgan fingerprint density at radius 2 is 2.00 bits per heavy atom. The van der Waals surface area contributed by atoms with Gasteiger partial charge in [-0.05, 0) is 28.5 Å². The van der Waals surface area contributed by atoms with Gasteiger partial charge in [-0.15, -0.1) is 0 Å². The highest BCUT2D eigenvalue weighted by molar-refractivity contribution is 14.1. The Kier molecular flexibility index (Phi) is 4.33. The van der Waals surface area contributed by atoms with Crippen molar-refractivity contribution < 1.29 is 14.2 Å². The van der Waals surface area contributed by atoms with Gasteiger partial charge in [0.05, 0.1) is 9.77 Å². The van der Waals surface area contributed by atoms with Crippen LogP contribution in [0.3, 0.4) is 0 Å². The highest BCUT2D eigenvalue weighted by Gasteiger charge is 2.26. The monoisotopic (exact) mass is 428 g/mol. The highest BCUT2D eigenvalue weighted by Crippen LogP contribution is 2.47. The van der Waals surface area contributed by atoms with Gasteiger partial charge >= 0.3 is 0 Å². The normalized spacial score (nSPS) is 13.2. The Morgan fingerprint density at radius 3 is 2.70 bits per heavy atom. The first-order valence-corrected chi connectivity index (χ1v) is 8.23. The standard InChI is InChI=1S/C15H17IN4O3/c1-7(2)11-12(23-10-6-19-15(18)20-14(10)17)8(16)5-9-13(11)22-4-3-21-9/h5-7H,3-4H2,1-2H3,(H4,17,18,19,20). The SMILES string of the molecule is CC(C)c1c(Oc2cnc(N)nc2N)c(I)cc2c1OCCO2. The zero-order valence-corrected chi connectivity index (χ0v) is 15.0. The largest absolute Gasteiger partial charge is 0.486 e. The first kappa shape index (κ1) is 15.9. The van der Waals surface area contributed by atoms with Gasteiger partial charge < -0.3 is 25.7 Å². The highest BCUT2D eigenvalue weighted by atomic mass is 127. The molecular formula is C15H17IN4O3. The van der Waals surface area contributed by atoms with Crippen molar-refractivity contribution in [3.63, 3.8) is 0 Å². The topological polar surface area (TPSA) is 106 Å². The Balaban J connectivity index is 2.11. The maximum Gasteiger partial charge on any atom is 0.222 e. The van der Waals surface area contributed by atoms with Gasteiger partial charge in [0.2, 0.25) is 5.95 Å². The lowest BCUT2D eigenvalue weighted by atomic mass is 10.00. The number of halogens is 1. The molecule has 0 amide bonds. The average Bonchev–Trinajstić information content (AvgIpc) is 2.50. The zero-order chi connectivity index (χ0) is 16.6. The van der Waals surface area contributed by atoms with Crippen molar-refractivity contribution in [3.8, 4) is 23.0 Å². The summed E-state index contributed by atoms with van der Waals surface area (Å²) in [6, 6.07) is 1.89. The van der Waals surface area contributed by atoms with Crippen LogP contribution in [0.4, 0.5) is 11.8 Å². The number of aromatic nitrogens is 2. The van der Waals surface area contributed by atoms with Crippen LogP contribution in [0.15, 0.2) is 12.3 Å². The lowest BCUT2D eigenvalue weighted by Gasteiger charge is -2.25. The van der Waals surface area contributed by atoms with Crippen molar-refractivity contribution in [1.82, 2.24) is 9.97 Å². The number of nitrogen functional groups attached to an aromatic ring is 2. The summed E-state index contributed by atoms with van der Waals surface area (Å²) in [6.45, 7) is 5.19. The molecule has 0 fully saturated rings. The van der Waals surface area contributed by atoms with Crippen molar-refractivity contribution in [2.24, 2.45) is 0 Å². The number of nitrogens with zero attached hydrogens (tertiary/aromatic N) is 2. The van der Waals surface area contributed by atoms with Gasteiger partial charge in [-0.3, -0.25) is 0 Å². The fourth-order valence-electron chi connectivity index (χ4n) is 2.38. The van der Waals surface area contributed by atoms with Gasteiger partial charge in [-0.1, -0.05) is 13.8 Å². The van der Waals surface area contributed by atoms with E-state index in [1.807, 2.05) is 6.07 Å². The minimum absolute atomic E-state index is 0.107. The molecule has 2 aromatic rings. The first-order valence-electron chi connectivity index (χ1n) is 7.15. The molecule has 1 aromatic carbocycles. The molecule has 0 aliphatic carbocycles. The molecule has 122 valence electrons. The van der Waals surface area contributed by atoms with E-state index in [9.17, 15) is 0 Å². The number of nitrogens with two attached hydrogens (primary N) is 2. The summed E-state index contributed by atoms with van der Waals surface area (Å²) in [6.07, 6.45) is 1.47. The summed E-state index contributed by atoms with van der Waals surface area (Å²) in [5.41, 5.74) is 12.3. The lowest BCUT2D eigenvalue weighted by Crippen LogP contribution is -2.18. The molecule has 0 radical (unpaired) electrons. The number of rotatable bonds is 3. The van der Waals surface area contributed by atoms with Gasteiger partial charge in [0.15, 0.2) is 23.1 Å². The summed E-state index contributed by atoms with van der Waals surface area (Å²) in [4.78, 5) is 7.85. The number of fused-ring (bicyclic) bond motifs is 1. The van der Waals surface area contributed by atoms with E-state index in [1.54, 1.807) is 0 Å². The van der Waals surface area contributed by atoms with Gasteiger partial charge in [-0.25, -0.2) is 4.98 Å². The van der Waals surface area contributed by atoms with Crippen LogP contribution < -0.4 is 25.7 Å². The first-order chi connectivity index (χ1) is 11.0. The van der Waals surface area contributed by atoms with Gasteiger partial charge in [0, 0.05) is 11.6 Å². The molecule has 1 aliphatic heterocycles. The van der Waals surface area contributed by atoms with E-state index >= 15 is 0 Å². The fraction of sp³-hybridized carbons (Fsp3) is 0.333. The summed E-state index contributed by atoms with van der Waals surface area (Å²) < 4.78 is 18.4. The fourth-order valence-corrected chi connectivity index (χ4v) is 3.06. The molecule has 0 saturated carbocycles. The van der Waals surface area contributed by atoms with E-state index in [-0.39, 0.29) is 17.7 Å². The van der Waals surface area contributed by atoms with Crippen molar-refractivity contribution in [2.75, 3.05) is 24.7 Å². The summed E-state index contributed by atoms with van der Waals surface area (Å²) in [5, 5.41) is 0. The second-order valence-corrected chi connectivity index (χ2v) is 6.52. The molecule has 0 saturated heterocycles. The predicted molar refractivity (Wildman–Crippen MR) is 95.2 cm³/mol. The average molecular weight is 428 g/mol. The minimum atomic E-state index is 0.107. The van der Waals surface area contributed by atoms with Crippen LogP contribution in [0, 0.1) is 3.57 Å². The van der Waals surface area contributed by atoms with Crippen LogP contribution >= 0.6 is 22.6 Å². The third kappa shape index (κ3) is 3.07. The smallest absolute Gasteiger partial charge is 0.222 e. The van der Waals surface area contributed by atoms with Crippen LogP contribution in [0.2, 0.25) is 0 Å². The molecule has 1 aliphatic rings. The number of hydrogen-bond acceptors (Lipinski definition) is 7. The molecule has 4 N–H and O–H groups in total. The molecule has 0 unspecified atom stereocenters. The van der Waals surface area contributed by atoms with E-state index in [0.29, 0.717) is 24.7 Å². The van der Waals surface area contributed by atoms with Crippen molar-refractivity contribution >= 4 is 34.4 Å². The van der Waals surface area contributed by atoms with Gasteiger partial charge in [0.25, 0.3) is 0 Å². The zero-order valence-electron chi connectivity index (χ0n) is 12.8. The third-order valence-electron chi connectivity index (χ3n) is 3.37. The summed E-state index contributed by atoms with van der Waals surface area (Å²) >= 11 is 2.20. The van der Waals surface area contributed by atoms with E-state index in [0.717, 1.165) is 20.6 Å². The Bertz CT molecular complexity index is 752. The maximum atomic E-state index is 6.00. The molecule has 8 heteroatoms. The van der Waals surface area contributed by atoms with Crippen molar-refractivity contribution in [2.45, 2.75) is 19.8 Å². The van der Waals surface area contributed by atoms with Crippen LogP contribution in [-0.2, 0) is 0 Å². The maximum absolute atomic E-state index is 6.00. The lowest BCUT2D eigenvalue weighted by molar-refractivity contribution is 0.168. The van der Waals surface area contributed by atoms with E-state index in [4.69, 9.17) is 25.7 Å². The van der Waals surface area contributed by atoms with Crippen molar-refractivity contribution in [1.29, 1.82) is 0 Å². The molecular weight excluding hydrogens is 411 g/mol. The van der Waals surface area contributed by atoms with Crippen LogP contribution in [0.1, 0.15) is 25.3 Å². The Hall–Kier alpha value is -1.97. The molecule has 3 rings (SSSR count). The van der Waals surface area contributed by atoms with Gasteiger partial charge in [-0.2, -0.15) is 4.98 Å². The quantitative estimate of drug-likeness (QED) is 0.725. The Labute approximate surface area is 147 Å².